The van der Waals surface area contributed by atoms with Crippen LogP contribution in [0.5, 0.6) is 11.5 Å². The molecular formula is C53H54N6O8. The van der Waals surface area contributed by atoms with Crippen molar-refractivity contribution >= 4 is 18.0 Å². The lowest BCUT2D eigenvalue weighted by molar-refractivity contribution is 0.0609. The number of fused-ring (bicyclic) bond motifs is 6. The van der Waals surface area contributed by atoms with E-state index in [1.807, 2.05) is 64.1 Å². The van der Waals surface area contributed by atoms with Crippen LogP contribution in [-0.4, -0.2) is 74.3 Å². The summed E-state index contributed by atoms with van der Waals surface area (Å²) in [4.78, 5) is 67.5. The molecule has 344 valence electrons. The van der Waals surface area contributed by atoms with Gasteiger partial charge in [-0.2, -0.15) is 0 Å². The summed E-state index contributed by atoms with van der Waals surface area (Å²) < 4.78 is 13.6. The third kappa shape index (κ3) is 8.10. The number of nitrogens with zero attached hydrogens (tertiary/aromatic N) is 6. The molecule has 14 heteroatoms. The molecule has 2 aliphatic heterocycles. The zero-order valence-corrected chi connectivity index (χ0v) is 38.3. The Morgan fingerprint density at radius 2 is 0.940 bits per heavy atom. The summed E-state index contributed by atoms with van der Waals surface area (Å²) >= 11 is 0. The molecule has 2 amide bonds. The molecule has 4 heterocycles. The van der Waals surface area contributed by atoms with Crippen LogP contribution in [0.4, 0.5) is 4.79 Å². The second kappa shape index (κ2) is 18.3. The fourth-order valence-corrected chi connectivity index (χ4v) is 9.87. The summed E-state index contributed by atoms with van der Waals surface area (Å²) in [5.74, 6) is -1.55. The SMILES string of the molecule is CC(C)N1CN(C2c3ccccc3CCc3ccccc32)n2ccc(=O)c(O)c2C1=O.CCOC(=O)Oc1c2n(ccc1=O)N(C1c3ccccc3CCc3ccccc31)CN(C(C)C)C2=O. The molecule has 10 rings (SSSR count). The molecule has 2 aromatic heterocycles. The minimum Gasteiger partial charge on any atom is -0.502 e. The van der Waals surface area contributed by atoms with Crippen LogP contribution in [0.25, 0.3) is 0 Å². The number of amides is 2. The summed E-state index contributed by atoms with van der Waals surface area (Å²) in [6.07, 6.45) is 5.84. The number of aromatic nitrogens is 2. The maximum atomic E-state index is 13.7. The second-order valence-electron chi connectivity index (χ2n) is 17.7. The summed E-state index contributed by atoms with van der Waals surface area (Å²) in [5, 5.41) is 14.7. The number of aryl methyl sites for hydroxylation is 4. The van der Waals surface area contributed by atoms with E-state index in [2.05, 4.69) is 70.7 Å². The van der Waals surface area contributed by atoms with Crippen LogP contribution in [0, 0.1) is 0 Å². The molecule has 4 aliphatic rings. The normalized spacial score (nSPS) is 15.6. The molecule has 0 saturated carbocycles. The van der Waals surface area contributed by atoms with Crippen molar-refractivity contribution in [3.63, 3.8) is 0 Å². The number of rotatable bonds is 6. The first-order valence-corrected chi connectivity index (χ1v) is 22.9. The fraction of sp³-hybridized carbons (Fsp3) is 0.302. The Kier molecular flexibility index (Phi) is 12.2. The predicted molar refractivity (Wildman–Crippen MR) is 254 cm³/mol. The smallest absolute Gasteiger partial charge is 0.502 e. The van der Waals surface area contributed by atoms with Gasteiger partial charge < -0.3 is 24.4 Å². The Morgan fingerprint density at radius 1 is 0.567 bits per heavy atom. The first kappa shape index (κ1) is 44.6. The maximum absolute atomic E-state index is 13.7. The number of carbonyl (C=O) groups excluding carboxylic acids is 3. The topological polar surface area (TPSA) is 147 Å². The molecular weight excluding hydrogens is 849 g/mol. The Hall–Kier alpha value is -7.61. The second-order valence-corrected chi connectivity index (χ2v) is 17.7. The van der Waals surface area contributed by atoms with Crippen LogP contribution < -0.4 is 25.6 Å². The molecule has 0 radical (unpaired) electrons. The summed E-state index contributed by atoms with van der Waals surface area (Å²) in [6, 6.07) is 35.5. The summed E-state index contributed by atoms with van der Waals surface area (Å²) in [7, 11) is 0. The zero-order chi connectivity index (χ0) is 47.1. The number of ether oxygens (including phenoxy) is 2. The van der Waals surface area contributed by atoms with Gasteiger partial charge in [-0.1, -0.05) is 97.1 Å². The number of pyridine rings is 2. The quantitative estimate of drug-likeness (QED) is 0.170. The molecule has 0 atom stereocenters. The first-order chi connectivity index (χ1) is 32.4. The Balaban J connectivity index is 0.000000170. The molecule has 67 heavy (non-hydrogen) atoms. The van der Waals surface area contributed by atoms with Crippen LogP contribution in [-0.2, 0) is 30.4 Å². The highest BCUT2D eigenvalue weighted by Crippen LogP contribution is 2.40. The minimum absolute atomic E-state index is 0.00899. The number of aromatic hydroxyl groups is 1. The minimum atomic E-state index is -1.02. The standard InChI is InChI=1S/C28H29N3O5.C25H25N3O3/c1-4-35-28(34)36-26-23(32)15-16-30-25(26)27(33)29(18(2)3)17-31(30)24-21-11-7-5-9-19(21)13-14-20-10-6-8-12-22(20)24;1-16(2)26-15-28(27-14-13-21(29)24(30)23(27)25(26)31)22-19-9-5-3-7-17(19)11-12-18-8-4-6-10-20(18)22/h5-12,15-16,18,24H,4,13-14,17H2,1-3H3;3-10,13-14,16,22,30H,11-12,15H2,1-2H3. The van der Waals surface area contributed by atoms with Gasteiger partial charge in [-0.05, 0) is 105 Å². The van der Waals surface area contributed by atoms with Crippen molar-refractivity contribution in [2.75, 3.05) is 30.0 Å². The van der Waals surface area contributed by atoms with Gasteiger partial charge in [-0.25, -0.2) is 4.79 Å². The van der Waals surface area contributed by atoms with Crippen LogP contribution in [0.3, 0.4) is 0 Å². The van der Waals surface area contributed by atoms with E-state index in [1.54, 1.807) is 38.5 Å². The van der Waals surface area contributed by atoms with E-state index in [1.165, 1.54) is 45.5 Å². The van der Waals surface area contributed by atoms with E-state index in [-0.39, 0.29) is 59.7 Å². The van der Waals surface area contributed by atoms with Gasteiger partial charge in [-0.15, -0.1) is 0 Å². The molecule has 0 saturated heterocycles. The van der Waals surface area contributed by atoms with E-state index in [0.29, 0.717) is 13.3 Å². The van der Waals surface area contributed by atoms with Crippen molar-refractivity contribution in [3.8, 4) is 11.5 Å². The molecule has 0 bridgehead atoms. The van der Waals surface area contributed by atoms with Gasteiger partial charge in [0.15, 0.2) is 17.1 Å². The lowest BCUT2D eigenvalue weighted by Gasteiger charge is -2.45. The van der Waals surface area contributed by atoms with E-state index in [4.69, 9.17) is 9.47 Å². The largest absolute Gasteiger partial charge is 0.514 e. The van der Waals surface area contributed by atoms with Crippen molar-refractivity contribution < 1.29 is 29.0 Å². The number of hydrogen-bond acceptors (Lipinski definition) is 10. The van der Waals surface area contributed by atoms with Crippen LogP contribution in [0.2, 0.25) is 0 Å². The van der Waals surface area contributed by atoms with Gasteiger partial charge in [0.1, 0.15) is 13.3 Å². The van der Waals surface area contributed by atoms with Crippen molar-refractivity contribution in [2.24, 2.45) is 0 Å². The average molecular weight is 903 g/mol. The van der Waals surface area contributed by atoms with Crippen LogP contribution in [0.1, 0.15) is 112 Å². The highest BCUT2D eigenvalue weighted by molar-refractivity contribution is 5.97. The maximum Gasteiger partial charge on any atom is 0.514 e. The van der Waals surface area contributed by atoms with Crippen molar-refractivity contribution in [3.05, 3.63) is 198 Å². The van der Waals surface area contributed by atoms with Crippen molar-refractivity contribution in [2.45, 2.75) is 84.5 Å². The molecule has 1 N–H and O–H groups in total. The number of carbonyl (C=O) groups is 3. The lowest BCUT2D eigenvalue weighted by Crippen LogP contribution is -2.57. The molecule has 0 unspecified atom stereocenters. The molecule has 6 aromatic rings. The molecule has 0 fully saturated rings. The fourth-order valence-electron chi connectivity index (χ4n) is 9.87. The van der Waals surface area contributed by atoms with Crippen LogP contribution >= 0.6 is 0 Å². The van der Waals surface area contributed by atoms with Gasteiger partial charge >= 0.3 is 6.16 Å². The number of hydrogen-bond donors (Lipinski definition) is 1. The Bertz CT molecular complexity index is 2920. The average Bonchev–Trinajstić information content (AvgIpc) is 3.60. The molecule has 14 nitrogen and oxygen atoms in total. The monoisotopic (exact) mass is 902 g/mol. The highest BCUT2D eigenvalue weighted by Gasteiger charge is 2.41. The Morgan fingerprint density at radius 3 is 1.34 bits per heavy atom. The lowest BCUT2D eigenvalue weighted by atomic mass is 9.94. The Labute approximate surface area is 388 Å². The molecule has 2 aliphatic carbocycles. The van der Waals surface area contributed by atoms with Crippen molar-refractivity contribution in [1.29, 1.82) is 0 Å². The van der Waals surface area contributed by atoms with Gasteiger partial charge in [0, 0.05) is 36.6 Å². The van der Waals surface area contributed by atoms with Gasteiger partial charge in [0.25, 0.3) is 11.8 Å². The zero-order valence-electron chi connectivity index (χ0n) is 38.3. The number of benzene rings is 4. The highest BCUT2D eigenvalue weighted by atomic mass is 16.7. The van der Waals surface area contributed by atoms with E-state index in [0.717, 1.165) is 36.8 Å². The van der Waals surface area contributed by atoms with Gasteiger partial charge in [-0.3, -0.25) is 38.5 Å². The third-order valence-corrected chi connectivity index (χ3v) is 13.2. The van der Waals surface area contributed by atoms with Crippen LogP contribution in [0.15, 0.2) is 131 Å². The molecule has 0 spiro atoms. The third-order valence-electron chi connectivity index (χ3n) is 13.2. The summed E-state index contributed by atoms with van der Waals surface area (Å²) in [5.41, 5.74) is 8.55. The van der Waals surface area contributed by atoms with E-state index >= 15 is 0 Å². The van der Waals surface area contributed by atoms with Crippen molar-refractivity contribution in [1.82, 2.24) is 19.2 Å². The molecule has 4 aromatic carbocycles. The predicted octanol–water partition coefficient (Wildman–Crippen LogP) is 7.23. The van der Waals surface area contributed by atoms with Gasteiger partial charge in [0.05, 0.1) is 18.7 Å². The van der Waals surface area contributed by atoms with E-state index in [9.17, 15) is 29.1 Å². The first-order valence-electron chi connectivity index (χ1n) is 22.9. The summed E-state index contributed by atoms with van der Waals surface area (Å²) in [6.45, 7) is 10.1. The van der Waals surface area contributed by atoms with Gasteiger partial charge in [0.2, 0.25) is 16.6 Å². The van der Waals surface area contributed by atoms with E-state index < -0.39 is 22.8 Å².